The Morgan fingerprint density at radius 1 is 0.800 bits per heavy atom. The van der Waals surface area contributed by atoms with Crippen LogP contribution >= 0.6 is 11.6 Å². The van der Waals surface area contributed by atoms with Crippen molar-refractivity contribution < 1.29 is 4.79 Å². The van der Waals surface area contributed by atoms with E-state index in [9.17, 15) is 4.79 Å². The lowest BCUT2D eigenvalue weighted by atomic mass is 10.2. The van der Waals surface area contributed by atoms with Crippen molar-refractivity contribution in [2.45, 2.75) is 0 Å². The van der Waals surface area contributed by atoms with Crippen molar-refractivity contribution in [3.63, 3.8) is 0 Å². The highest BCUT2D eigenvalue weighted by Crippen LogP contribution is 2.11. The molecule has 0 aliphatic heterocycles. The van der Waals surface area contributed by atoms with Crippen LogP contribution in [0.1, 0.15) is 10.4 Å². The molecule has 0 heterocycles. The van der Waals surface area contributed by atoms with E-state index in [4.69, 9.17) is 11.6 Å². The molecule has 0 atom stereocenters. The van der Waals surface area contributed by atoms with Crippen LogP contribution in [0.3, 0.4) is 0 Å². The van der Waals surface area contributed by atoms with Gasteiger partial charge in [-0.15, -0.1) is 0 Å². The second-order valence-electron chi connectivity index (χ2n) is 2.79. The fourth-order valence-corrected chi connectivity index (χ4v) is 1.14. The largest absolute Gasteiger partial charge is 0.298 e. The molecule has 0 aliphatic carbocycles. The van der Waals surface area contributed by atoms with E-state index in [1.807, 2.05) is 36.4 Å². The Morgan fingerprint density at radius 3 is 1.60 bits per heavy atom. The maximum absolute atomic E-state index is 10.1. The Hall–Kier alpha value is -1.60. The van der Waals surface area contributed by atoms with Crippen LogP contribution in [-0.4, -0.2) is 6.29 Å². The molecule has 0 radical (unpaired) electrons. The van der Waals surface area contributed by atoms with E-state index in [0.717, 1.165) is 6.29 Å². The van der Waals surface area contributed by atoms with Gasteiger partial charge in [-0.3, -0.25) is 4.79 Å². The molecular weight excluding hydrogens is 208 g/mol. The molecule has 0 saturated heterocycles. The first kappa shape index (κ1) is 11.5. The molecule has 2 aromatic carbocycles. The molecule has 2 rings (SSSR count). The smallest absolute Gasteiger partial charge is 0.151 e. The molecule has 2 aromatic rings. The Kier molecular flexibility index (Phi) is 5.20. The number of hydrogen-bond donors (Lipinski definition) is 0. The molecule has 0 spiro atoms. The topological polar surface area (TPSA) is 17.1 Å². The minimum atomic E-state index is 0.507. The second kappa shape index (κ2) is 6.80. The third-order valence-corrected chi connectivity index (χ3v) is 2.04. The summed E-state index contributed by atoms with van der Waals surface area (Å²) in [6.45, 7) is 0. The summed E-state index contributed by atoms with van der Waals surface area (Å²) in [5.41, 5.74) is 0.541. The number of carbonyl (C=O) groups excluding carboxylic acids is 1. The van der Waals surface area contributed by atoms with Crippen LogP contribution in [0.25, 0.3) is 0 Å². The third kappa shape index (κ3) is 4.43. The summed E-state index contributed by atoms with van der Waals surface area (Å²) in [4.78, 5) is 10.1. The number of halogens is 1. The molecule has 1 nitrogen and oxygen atoms in total. The standard InChI is InChI=1S/C7H5ClO.C6H6/c8-7-4-2-1-3-6(7)5-9;1-2-4-6-5-3-1/h1-5H;1-6H. The zero-order valence-corrected chi connectivity index (χ0v) is 8.89. The summed E-state index contributed by atoms with van der Waals surface area (Å²) >= 11 is 5.59. The van der Waals surface area contributed by atoms with Crippen LogP contribution in [0.5, 0.6) is 0 Å². The Morgan fingerprint density at radius 2 is 1.27 bits per heavy atom. The lowest BCUT2D eigenvalue weighted by molar-refractivity contribution is 0.112. The lowest BCUT2D eigenvalue weighted by Gasteiger charge is -1.90. The van der Waals surface area contributed by atoms with Gasteiger partial charge in [-0.1, -0.05) is 66.2 Å². The van der Waals surface area contributed by atoms with E-state index in [2.05, 4.69) is 0 Å². The molecule has 15 heavy (non-hydrogen) atoms. The van der Waals surface area contributed by atoms with Crippen molar-refractivity contribution in [1.82, 2.24) is 0 Å². The first-order valence-corrected chi connectivity index (χ1v) is 4.92. The van der Waals surface area contributed by atoms with Gasteiger partial charge < -0.3 is 0 Å². The predicted molar refractivity (Wildman–Crippen MR) is 63.3 cm³/mol. The quantitative estimate of drug-likeness (QED) is 0.665. The van der Waals surface area contributed by atoms with Gasteiger partial charge in [-0.2, -0.15) is 0 Å². The summed E-state index contributed by atoms with van der Waals surface area (Å²) in [6, 6.07) is 18.9. The molecule has 0 saturated carbocycles. The van der Waals surface area contributed by atoms with Crippen molar-refractivity contribution in [2.24, 2.45) is 0 Å². The fraction of sp³-hybridized carbons (Fsp3) is 0. The molecule has 0 N–H and O–H groups in total. The van der Waals surface area contributed by atoms with Crippen LogP contribution in [0.2, 0.25) is 5.02 Å². The van der Waals surface area contributed by atoms with Crippen molar-refractivity contribution >= 4 is 17.9 Å². The van der Waals surface area contributed by atoms with E-state index in [-0.39, 0.29) is 0 Å². The second-order valence-corrected chi connectivity index (χ2v) is 3.20. The van der Waals surface area contributed by atoms with Gasteiger partial charge in [0.25, 0.3) is 0 Å². The highest BCUT2D eigenvalue weighted by Gasteiger charge is 1.92. The van der Waals surface area contributed by atoms with Crippen molar-refractivity contribution in [3.8, 4) is 0 Å². The number of benzene rings is 2. The zero-order chi connectivity index (χ0) is 10.9. The van der Waals surface area contributed by atoms with Crippen LogP contribution in [0.4, 0.5) is 0 Å². The first-order chi connectivity index (χ1) is 7.34. The van der Waals surface area contributed by atoms with Crippen LogP contribution < -0.4 is 0 Å². The fourth-order valence-electron chi connectivity index (χ4n) is 0.956. The first-order valence-electron chi connectivity index (χ1n) is 4.54. The summed E-state index contributed by atoms with van der Waals surface area (Å²) in [5, 5.41) is 0.507. The predicted octanol–water partition coefficient (Wildman–Crippen LogP) is 3.84. The highest BCUT2D eigenvalue weighted by atomic mass is 35.5. The van der Waals surface area contributed by atoms with Crippen molar-refractivity contribution in [2.75, 3.05) is 0 Å². The third-order valence-electron chi connectivity index (χ3n) is 1.70. The Bertz CT molecular complexity index is 372. The minimum absolute atomic E-state index is 0.507. The van der Waals surface area contributed by atoms with Gasteiger partial charge in [-0.25, -0.2) is 0 Å². The number of hydrogen-bond acceptors (Lipinski definition) is 1. The monoisotopic (exact) mass is 218 g/mol. The summed E-state index contributed by atoms with van der Waals surface area (Å²) in [5.74, 6) is 0. The summed E-state index contributed by atoms with van der Waals surface area (Å²) in [6.07, 6.45) is 0.738. The maximum Gasteiger partial charge on any atom is 0.151 e. The van der Waals surface area contributed by atoms with Gasteiger partial charge in [0.05, 0.1) is 5.02 Å². The minimum Gasteiger partial charge on any atom is -0.298 e. The van der Waals surface area contributed by atoms with Crippen molar-refractivity contribution in [1.29, 1.82) is 0 Å². The van der Waals surface area contributed by atoms with Gasteiger partial charge in [0.1, 0.15) is 0 Å². The van der Waals surface area contributed by atoms with E-state index in [0.29, 0.717) is 10.6 Å². The SMILES string of the molecule is O=Cc1ccccc1Cl.c1ccccc1. The van der Waals surface area contributed by atoms with Gasteiger partial charge in [0.2, 0.25) is 0 Å². The molecule has 0 bridgehead atoms. The van der Waals surface area contributed by atoms with Crippen LogP contribution in [0, 0.1) is 0 Å². The molecule has 0 fully saturated rings. The maximum atomic E-state index is 10.1. The average Bonchev–Trinajstić information content (AvgIpc) is 2.33. The van der Waals surface area contributed by atoms with Gasteiger partial charge in [0.15, 0.2) is 6.29 Å². The molecule has 76 valence electrons. The molecule has 0 amide bonds. The zero-order valence-electron chi connectivity index (χ0n) is 8.14. The molecular formula is C13H11ClO. The summed E-state index contributed by atoms with van der Waals surface area (Å²) < 4.78 is 0. The molecule has 0 aromatic heterocycles. The van der Waals surface area contributed by atoms with Crippen molar-refractivity contribution in [3.05, 3.63) is 71.2 Å². The van der Waals surface area contributed by atoms with E-state index in [1.54, 1.807) is 24.3 Å². The molecule has 2 heteroatoms. The number of aldehydes is 1. The summed E-state index contributed by atoms with van der Waals surface area (Å²) in [7, 11) is 0. The van der Waals surface area contributed by atoms with E-state index >= 15 is 0 Å². The van der Waals surface area contributed by atoms with Gasteiger partial charge in [-0.05, 0) is 6.07 Å². The molecule has 0 aliphatic rings. The van der Waals surface area contributed by atoms with E-state index in [1.165, 1.54) is 0 Å². The van der Waals surface area contributed by atoms with Gasteiger partial charge in [0, 0.05) is 5.56 Å². The van der Waals surface area contributed by atoms with E-state index < -0.39 is 0 Å². The highest BCUT2D eigenvalue weighted by molar-refractivity contribution is 6.32. The Labute approximate surface area is 94.3 Å². The van der Waals surface area contributed by atoms with Crippen LogP contribution in [-0.2, 0) is 0 Å². The van der Waals surface area contributed by atoms with Gasteiger partial charge >= 0.3 is 0 Å². The number of rotatable bonds is 1. The lowest BCUT2D eigenvalue weighted by Crippen LogP contribution is -1.77. The van der Waals surface area contributed by atoms with Crippen LogP contribution in [0.15, 0.2) is 60.7 Å². The molecule has 0 unspecified atom stereocenters. The Balaban J connectivity index is 0.000000162. The normalized spacial score (nSPS) is 8.60. The number of carbonyl (C=O) groups is 1. The average molecular weight is 219 g/mol.